The molecule has 0 radical (unpaired) electrons. The van der Waals surface area contributed by atoms with Crippen LogP contribution in [0.4, 0.5) is 9.59 Å². The number of rotatable bonds is 12. The average Bonchev–Trinajstić information content (AvgIpc) is 1.62. The zero-order chi connectivity index (χ0) is 86.0. The Morgan fingerprint density at radius 3 is 1.37 bits per heavy atom. The molecule has 8 amide bonds. The highest BCUT2D eigenvalue weighted by Crippen LogP contribution is 2.38. The summed E-state index contributed by atoms with van der Waals surface area (Å²) in [5.74, 6) is 9.97. The highest BCUT2D eigenvalue weighted by molar-refractivity contribution is 14.1. The van der Waals surface area contributed by atoms with Gasteiger partial charge in [-0.2, -0.15) is 0 Å². The van der Waals surface area contributed by atoms with Crippen molar-refractivity contribution in [1.82, 2.24) is 56.0 Å². The number of halogens is 6. The molecule has 10 aromatic rings. The van der Waals surface area contributed by atoms with Gasteiger partial charge in [-0.05, 0) is 280 Å². The Labute approximate surface area is 739 Å². The predicted octanol–water partition coefficient (Wildman–Crippen LogP) is 13.0. The third kappa shape index (κ3) is 23.1. The molecule has 15 rings (SSSR count). The second-order valence-corrected chi connectivity index (χ2v) is 31.7. The van der Waals surface area contributed by atoms with E-state index in [4.69, 9.17) is 49.6 Å². The number of benzene rings is 5. The second kappa shape index (κ2) is 40.5. The Balaban J connectivity index is 0.000000169. The number of fused-ring (bicyclic) bond motifs is 2. The summed E-state index contributed by atoms with van der Waals surface area (Å²) in [5.41, 5.74) is 2.55. The Morgan fingerprint density at radius 1 is 0.500 bits per heavy atom. The average molecular weight is 2090 g/mol. The standard InChI is InChI=1S/C27H22N4O6.C15H13N3O4.C12H17BO3.C12H10BrNO2.C6H5BrINO.C5H3BrINO.C5H4BrNO/c1-36-19-7-6-17-14-31(24(33)20(17)13-19)15-27(25(34)29-26(35)30-27)11-10-22-23(37-2)9-8-21(28-22)16-4-3-5-18(32)12-16;1-3-15(13(20)16-14(21)17-15)8-18-7-9-4-5-10(22-2)6-11(9)12(18)19;1-11(2)12(3,4)16-13(15-11)9-6-5-7-10(14)8-9;1-16-11-6-5-10(14-12(11)13)8-3-2-4-9(15)7-8;1-10-4-2-3-5(8)9-6(4)7;6-5-3(9)1-2-4(7)8-5;6-5-4(8)2-1-3-7-5/h3-9,12-13,32H,14-15H2,1-2H3,(H2,29,30,34,35);1,4-6H,7-8H2,2H3,(H2,16,17,20,21);5-8,14H,1-4H3;2-7,15H,1H3;2-3H,1H3;1-2,9H;1-3,8H/t27-;15-;;;;;/m11...../s1. The molecule has 29 nitrogen and oxygen atoms in total. The number of ether oxygens (including phenoxy) is 5. The summed E-state index contributed by atoms with van der Waals surface area (Å²) in [6.45, 7) is 8.35. The molecule has 118 heavy (non-hydrogen) atoms. The van der Waals surface area contributed by atoms with E-state index in [9.17, 15) is 44.1 Å². The molecule has 2 atom stereocenters. The topological polar surface area (TPSA) is 387 Å². The number of aromatic nitrogens is 5. The first kappa shape index (κ1) is 91.1. The smallest absolute Gasteiger partial charge is 0.494 e. The van der Waals surface area contributed by atoms with Crippen molar-refractivity contribution in [2.24, 2.45) is 0 Å². The molecule has 5 aliphatic heterocycles. The molecule has 36 heteroatoms. The molecule has 0 saturated carbocycles. The lowest BCUT2D eigenvalue weighted by atomic mass is 9.79. The van der Waals surface area contributed by atoms with Crippen LogP contribution >= 0.6 is 109 Å². The first-order valence-corrected chi connectivity index (χ1v) is 40.3. The molecule has 9 N–H and O–H groups in total. The maximum Gasteiger partial charge on any atom is 0.494 e. The van der Waals surface area contributed by atoms with Gasteiger partial charge in [-0.25, -0.2) is 34.5 Å². The largest absolute Gasteiger partial charge is 0.508 e. The summed E-state index contributed by atoms with van der Waals surface area (Å²) >= 11 is 16.9. The van der Waals surface area contributed by atoms with Crippen LogP contribution in [0.3, 0.4) is 0 Å². The minimum absolute atomic E-state index is 0.0842. The zero-order valence-corrected chi connectivity index (χ0v) is 74.8. The summed E-state index contributed by atoms with van der Waals surface area (Å²) in [7, 11) is 7.30. The number of imide groups is 2. The number of hydrogen-bond donors (Lipinski definition) is 9. The number of phenols is 3. The number of carbonyl (C=O) groups is 6. The third-order valence-electron chi connectivity index (χ3n) is 18.1. The van der Waals surface area contributed by atoms with Gasteiger partial charge in [0, 0.05) is 41.5 Å². The molecule has 0 spiro atoms. The van der Waals surface area contributed by atoms with Gasteiger partial charge in [-0.3, -0.25) is 29.8 Å². The molecule has 0 unspecified atom stereocenters. The van der Waals surface area contributed by atoms with E-state index in [2.05, 4.69) is 173 Å². The molecule has 3 fully saturated rings. The van der Waals surface area contributed by atoms with Crippen molar-refractivity contribution in [2.45, 2.75) is 63.1 Å². The Morgan fingerprint density at radius 2 is 0.949 bits per heavy atom. The number of amides is 8. The lowest BCUT2D eigenvalue weighted by molar-refractivity contribution is -0.123. The summed E-state index contributed by atoms with van der Waals surface area (Å²) in [6.07, 6.45) is 7.01. The molecular formula is C82H74BBr4I2N11O18. The van der Waals surface area contributed by atoms with Crippen LogP contribution < -0.4 is 50.4 Å². The molecular weight excluding hydrogens is 2010 g/mol. The normalized spacial score (nSPS) is 16.5. The number of hydrogen-bond acceptors (Lipinski definition) is 23. The fourth-order valence-corrected chi connectivity index (χ4v) is 14.4. The van der Waals surface area contributed by atoms with Gasteiger partial charge in [-0.1, -0.05) is 60.4 Å². The fraction of sp³-hybridized carbons (Fsp3) is 0.207. The van der Waals surface area contributed by atoms with Crippen molar-refractivity contribution in [3.05, 3.63) is 230 Å². The number of pyridine rings is 5. The van der Waals surface area contributed by atoms with Gasteiger partial charge >= 0.3 is 19.2 Å². The van der Waals surface area contributed by atoms with Crippen molar-refractivity contribution >= 4 is 157 Å². The van der Waals surface area contributed by atoms with E-state index in [1.165, 1.54) is 31.1 Å². The van der Waals surface area contributed by atoms with E-state index in [0.717, 1.165) is 45.6 Å². The number of urea groups is 2. The minimum Gasteiger partial charge on any atom is -0.508 e. The summed E-state index contributed by atoms with van der Waals surface area (Å²) < 4.78 is 41.7. The van der Waals surface area contributed by atoms with Gasteiger partial charge in [-0.15, -0.1) is 6.42 Å². The molecule has 5 aliphatic rings. The van der Waals surface area contributed by atoms with Crippen LogP contribution in [-0.2, 0) is 32.0 Å². The minimum atomic E-state index is -1.70. The van der Waals surface area contributed by atoms with E-state index in [0.29, 0.717) is 65.7 Å². The van der Waals surface area contributed by atoms with E-state index < -0.39 is 42.1 Å². The number of nitrogens with one attached hydrogen (secondary N) is 4. The maximum absolute atomic E-state index is 13.1. The molecule has 0 aliphatic carbocycles. The number of carbonyl (C=O) groups excluding carboxylic acids is 6. The Kier molecular flexibility index (Phi) is 31.3. The molecule has 5 aromatic carbocycles. The third-order valence-corrected chi connectivity index (χ3v) is 21.6. The van der Waals surface area contributed by atoms with E-state index in [1.807, 2.05) is 64.1 Å². The molecule has 10 heterocycles. The van der Waals surface area contributed by atoms with Crippen molar-refractivity contribution in [3.8, 4) is 104 Å². The number of methoxy groups -OCH3 is 5. The van der Waals surface area contributed by atoms with Crippen LogP contribution in [-0.4, -0.2) is 174 Å². The quantitative estimate of drug-likeness (QED) is 0.0180. The van der Waals surface area contributed by atoms with Crippen LogP contribution in [0, 0.1) is 31.6 Å². The number of nitrogens with zero attached hydrogens (tertiary/aromatic N) is 7. The molecule has 610 valence electrons. The number of phenolic OH excluding ortho intramolecular Hbond substituents is 3. The second-order valence-electron chi connectivity index (χ2n) is 26.5. The van der Waals surface area contributed by atoms with Crippen LogP contribution in [0.2, 0.25) is 0 Å². The monoisotopic (exact) mass is 2080 g/mol. The van der Waals surface area contributed by atoms with Crippen LogP contribution in [0.5, 0.6) is 57.5 Å². The van der Waals surface area contributed by atoms with Gasteiger partial charge in [0.25, 0.3) is 23.6 Å². The van der Waals surface area contributed by atoms with Crippen molar-refractivity contribution < 1.29 is 87.3 Å². The van der Waals surface area contributed by atoms with Gasteiger partial charge < -0.3 is 79.0 Å². The molecule has 5 aromatic heterocycles. The Hall–Kier alpha value is -10.8. The molecule has 3 saturated heterocycles. The summed E-state index contributed by atoms with van der Waals surface area (Å²) in [6, 6.07) is 46.9. The maximum atomic E-state index is 13.1. The van der Waals surface area contributed by atoms with Crippen LogP contribution in [0.25, 0.3) is 22.5 Å². The highest BCUT2D eigenvalue weighted by Gasteiger charge is 2.53. The Bertz CT molecular complexity index is 5510. The lowest BCUT2D eigenvalue weighted by Gasteiger charge is -2.32. The first-order valence-electron chi connectivity index (χ1n) is 34.9. The zero-order valence-electron chi connectivity index (χ0n) is 64.2. The SMILES string of the molecule is C#C[C@]1(CN2Cc3ccc(OC)cc3C2=O)NC(=O)NC1=O.CC1(C)OB(c2cccc(O)c2)OC1(C)C.COc1ccc(-c2cccc(O)c2)nc1Br.COc1ccc(I)nc1Br.COc1ccc2c(c1)C(=O)N(C[C@@]1(C#Cc3nc(-c4cccc(O)c4)ccc3OC)NC(=O)NC1=O)C2.Oc1ccc(I)nc1Br.Oc1cccnc1Br. The first-order chi connectivity index (χ1) is 56.1. The van der Waals surface area contributed by atoms with E-state index in [-0.39, 0.29) is 77.1 Å². The van der Waals surface area contributed by atoms with E-state index in [1.54, 1.807) is 154 Å². The van der Waals surface area contributed by atoms with Crippen molar-refractivity contribution in [2.75, 3.05) is 48.6 Å². The van der Waals surface area contributed by atoms with Gasteiger partial charge in [0.15, 0.2) is 28.5 Å². The van der Waals surface area contributed by atoms with Crippen LogP contribution in [0.15, 0.2) is 194 Å². The fourth-order valence-electron chi connectivity index (χ4n) is 11.3. The number of terminal acetylenes is 1. The van der Waals surface area contributed by atoms with Gasteiger partial charge in [0.1, 0.15) is 66.1 Å². The number of aromatic hydroxyl groups is 5. The van der Waals surface area contributed by atoms with Crippen molar-refractivity contribution in [1.29, 1.82) is 0 Å². The summed E-state index contributed by atoms with van der Waals surface area (Å²) in [5, 5.41) is 55.7. The lowest BCUT2D eigenvalue weighted by Crippen LogP contribution is -2.54. The predicted molar refractivity (Wildman–Crippen MR) is 468 cm³/mol. The van der Waals surface area contributed by atoms with Crippen LogP contribution in [0.1, 0.15) is 65.2 Å². The van der Waals surface area contributed by atoms with Gasteiger partial charge in [0.05, 0.1) is 71.2 Å². The highest BCUT2D eigenvalue weighted by atomic mass is 127. The summed E-state index contributed by atoms with van der Waals surface area (Å²) in [4.78, 5) is 97.5. The van der Waals surface area contributed by atoms with Crippen molar-refractivity contribution in [3.63, 3.8) is 0 Å². The van der Waals surface area contributed by atoms with E-state index >= 15 is 0 Å². The molecule has 0 bridgehead atoms. The van der Waals surface area contributed by atoms with Gasteiger partial charge in [0.2, 0.25) is 5.54 Å².